The fraction of sp³-hybridized carbons (Fsp3) is 0.542. The van der Waals surface area contributed by atoms with Gasteiger partial charge in [0.15, 0.2) is 11.5 Å². The average Bonchev–Trinajstić information content (AvgIpc) is 2.81. The molecule has 0 bridgehead atoms. The number of esters is 3. The van der Waals surface area contributed by atoms with E-state index in [9.17, 15) is 14.4 Å². The molecule has 1 aromatic rings. The lowest BCUT2D eigenvalue weighted by Crippen LogP contribution is -2.04. The highest BCUT2D eigenvalue weighted by atomic mass is 16.5. The van der Waals surface area contributed by atoms with E-state index >= 15 is 0 Å². The molecule has 8 nitrogen and oxygen atoms in total. The molecule has 178 valence electrons. The molecule has 0 saturated carbocycles. The average molecular weight is 451 g/mol. The molecule has 0 amide bonds. The van der Waals surface area contributed by atoms with Crippen molar-refractivity contribution in [1.29, 1.82) is 0 Å². The number of unbranched alkanes of at least 4 members (excludes halogenated alkanes) is 4. The van der Waals surface area contributed by atoms with E-state index in [1.165, 1.54) is 27.4 Å². The highest BCUT2D eigenvalue weighted by molar-refractivity contribution is 5.87. The van der Waals surface area contributed by atoms with E-state index in [2.05, 4.69) is 14.2 Å². The number of benzene rings is 1. The topological polar surface area (TPSA) is 97.4 Å². The van der Waals surface area contributed by atoms with Gasteiger partial charge in [-0.05, 0) is 62.3 Å². The van der Waals surface area contributed by atoms with Crippen LogP contribution in [-0.2, 0) is 28.6 Å². The predicted octanol–water partition coefficient (Wildman–Crippen LogP) is 4.10. The van der Waals surface area contributed by atoms with Crippen LogP contribution in [0.4, 0.5) is 0 Å². The first kappa shape index (κ1) is 27.0. The summed E-state index contributed by atoms with van der Waals surface area (Å²) in [6, 6.07) is 5.44. The number of hydrogen-bond donors (Lipinski definition) is 0. The first-order chi connectivity index (χ1) is 15.5. The van der Waals surface area contributed by atoms with Gasteiger partial charge in [-0.3, -0.25) is 9.59 Å². The molecule has 0 N–H and O–H groups in total. The van der Waals surface area contributed by atoms with Gasteiger partial charge in [0.05, 0.1) is 34.5 Å². The van der Waals surface area contributed by atoms with Gasteiger partial charge in [-0.2, -0.15) is 0 Å². The van der Waals surface area contributed by atoms with Crippen LogP contribution >= 0.6 is 0 Å². The van der Waals surface area contributed by atoms with Crippen LogP contribution in [0.25, 0.3) is 6.08 Å². The van der Waals surface area contributed by atoms with E-state index in [4.69, 9.17) is 9.47 Å². The Morgan fingerprint density at radius 2 is 1.28 bits per heavy atom. The molecular weight excluding hydrogens is 416 g/mol. The second-order valence-electron chi connectivity index (χ2n) is 7.03. The van der Waals surface area contributed by atoms with E-state index in [0.717, 1.165) is 44.1 Å². The standard InChI is InChI=1S/C24H34O8/c1-28-22(25)10-6-4-8-16-31-20-14-12-19(13-15-24(27)30-3)18-21(20)32-17-9-5-7-11-23(26)29-2/h12-15,18H,4-11,16-17H2,1-3H3/b15-13+. The third-order valence-electron chi connectivity index (χ3n) is 4.60. The molecule has 0 aromatic heterocycles. The van der Waals surface area contributed by atoms with E-state index in [1.54, 1.807) is 18.2 Å². The van der Waals surface area contributed by atoms with Gasteiger partial charge in [0.2, 0.25) is 0 Å². The monoisotopic (exact) mass is 450 g/mol. The third-order valence-corrected chi connectivity index (χ3v) is 4.60. The summed E-state index contributed by atoms with van der Waals surface area (Å²) in [7, 11) is 4.09. The maximum absolute atomic E-state index is 11.3. The van der Waals surface area contributed by atoms with Crippen LogP contribution < -0.4 is 9.47 Å². The Morgan fingerprint density at radius 3 is 1.81 bits per heavy atom. The molecule has 0 saturated heterocycles. The Morgan fingerprint density at radius 1 is 0.719 bits per heavy atom. The van der Waals surface area contributed by atoms with Crippen LogP contribution in [-0.4, -0.2) is 52.5 Å². The van der Waals surface area contributed by atoms with Crippen molar-refractivity contribution in [3.63, 3.8) is 0 Å². The molecule has 0 heterocycles. The van der Waals surface area contributed by atoms with Crippen LogP contribution in [0, 0.1) is 0 Å². The van der Waals surface area contributed by atoms with Crippen LogP contribution in [0.15, 0.2) is 24.3 Å². The molecule has 1 rings (SSSR count). The van der Waals surface area contributed by atoms with Gasteiger partial charge in [0.25, 0.3) is 0 Å². The van der Waals surface area contributed by atoms with Crippen molar-refractivity contribution in [3.8, 4) is 11.5 Å². The summed E-state index contributed by atoms with van der Waals surface area (Å²) >= 11 is 0. The smallest absolute Gasteiger partial charge is 0.330 e. The van der Waals surface area contributed by atoms with Gasteiger partial charge in [0, 0.05) is 18.9 Å². The summed E-state index contributed by atoms with van der Waals surface area (Å²) in [6.07, 6.45) is 8.56. The third kappa shape index (κ3) is 12.0. The molecule has 0 atom stereocenters. The molecule has 0 fully saturated rings. The Hall–Kier alpha value is -3.03. The van der Waals surface area contributed by atoms with Gasteiger partial charge in [-0.15, -0.1) is 0 Å². The lowest BCUT2D eigenvalue weighted by Gasteiger charge is -2.14. The maximum atomic E-state index is 11.3. The molecule has 1 aromatic carbocycles. The Balaban J connectivity index is 2.59. The molecule has 8 heteroatoms. The van der Waals surface area contributed by atoms with Crippen LogP contribution in [0.1, 0.15) is 56.9 Å². The van der Waals surface area contributed by atoms with Crippen molar-refractivity contribution in [3.05, 3.63) is 29.8 Å². The lowest BCUT2D eigenvalue weighted by molar-refractivity contribution is -0.141. The number of carbonyl (C=O) groups excluding carboxylic acids is 3. The minimum atomic E-state index is -0.439. The van der Waals surface area contributed by atoms with Gasteiger partial charge >= 0.3 is 17.9 Å². The lowest BCUT2D eigenvalue weighted by atomic mass is 10.1. The molecule has 0 radical (unpaired) electrons. The number of methoxy groups -OCH3 is 3. The van der Waals surface area contributed by atoms with Crippen molar-refractivity contribution in [2.75, 3.05) is 34.5 Å². The molecule has 0 aliphatic heterocycles. The molecule has 0 spiro atoms. The number of hydrogen-bond acceptors (Lipinski definition) is 8. The molecule has 0 aliphatic rings. The Labute approximate surface area is 189 Å². The molecular formula is C24H34O8. The Bertz CT molecular complexity index is 742. The van der Waals surface area contributed by atoms with Crippen molar-refractivity contribution in [2.24, 2.45) is 0 Å². The number of ether oxygens (including phenoxy) is 5. The number of carbonyl (C=O) groups is 3. The zero-order chi connectivity index (χ0) is 23.6. The first-order valence-corrected chi connectivity index (χ1v) is 10.8. The van der Waals surface area contributed by atoms with Crippen molar-refractivity contribution < 1.29 is 38.1 Å². The molecule has 0 aliphatic carbocycles. The predicted molar refractivity (Wildman–Crippen MR) is 119 cm³/mol. The minimum Gasteiger partial charge on any atom is -0.490 e. The number of rotatable bonds is 16. The van der Waals surface area contributed by atoms with Crippen molar-refractivity contribution in [1.82, 2.24) is 0 Å². The van der Waals surface area contributed by atoms with Gasteiger partial charge < -0.3 is 23.7 Å². The normalized spacial score (nSPS) is 10.6. The van der Waals surface area contributed by atoms with Crippen molar-refractivity contribution >= 4 is 24.0 Å². The summed E-state index contributed by atoms with van der Waals surface area (Å²) in [6.45, 7) is 0.967. The van der Waals surface area contributed by atoms with Crippen molar-refractivity contribution in [2.45, 2.75) is 51.4 Å². The van der Waals surface area contributed by atoms with Gasteiger partial charge in [-0.1, -0.05) is 6.07 Å². The fourth-order valence-corrected chi connectivity index (χ4v) is 2.76. The van der Waals surface area contributed by atoms with E-state index in [0.29, 0.717) is 37.6 Å². The summed E-state index contributed by atoms with van der Waals surface area (Å²) in [5.74, 6) is 0.342. The largest absolute Gasteiger partial charge is 0.490 e. The van der Waals surface area contributed by atoms with E-state index in [1.807, 2.05) is 6.07 Å². The van der Waals surface area contributed by atoms with E-state index in [-0.39, 0.29) is 11.9 Å². The highest BCUT2D eigenvalue weighted by Crippen LogP contribution is 2.29. The van der Waals surface area contributed by atoms with Gasteiger partial charge in [-0.25, -0.2) is 4.79 Å². The zero-order valence-electron chi connectivity index (χ0n) is 19.2. The fourth-order valence-electron chi connectivity index (χ4n) is 2.76. The first-order valence-electron chi connectivity index (χ1n) is 10.8. The minimum absolute atomic E-state index is 0.205. The molecule has 32 heavy (non-hydrogen) atoms. The van der Waals surface area contributed by atoms with Crippen LogP contribution in [0.5, 0.6) is 11.5 Å². The van der Waals surface area contributed by atoms with Crippen LogP contribution in [0.2, 0.25) is 0 Å². The second-order valence-corrected chi connectivity index (χ2v) is 7.03. The van der Waals surface area contributed by atoms with Crippen LogP contribution in [0.3, 0.4) is 0 Å². The molecule has 0 unspecified atom stereocenters. The second kappa shape index (κ2) is 16.6. The summed E-state index contributed by atoms with van der Waals surface area (Å²) in [4.78, 5) is 33.6. The highest BCUT2D eigenvalue weighted by Gasteiger charge is 2.08. The Kier molecular flexibility index (Phi) is 14.0. The zero-order valence-corrected chi connectivity index (χ0v) is 19.2. The maximum Gasteiger partial charge on any atom is 0.330 e. The quantitative estimate of drug-likeness (QED) is 0.161. The SMILES string of the molecule is COC(=O)/C=C/c1ccc(OCCCCCC(=O)OC)c(OCCCCCC(=O)OC)c1. The summed E-state index contributed by atoms with van der Waals surface area (Å²) in [5.41, 5.74) is 0.779. The summed E-state index contributed by atoms with van der Waals surface area (Å²) in [5, 5.41) is 0. The van der Waals surface area contributed by atoms with Gasteiger partial charge in [0.1, 0.15) is 0 Å². The van der Waals surface area contributed by atoms with E-state index < -0.39 is 5.97 Å². The summed E-state index contributed by atoms with van der Waals surface area (Å²) < 4.78 is 25.7.